The number of anilines is 1. The molecule has 2 atom stereocenters. The quantitative estimate of drug-likeness (QED) is 0.812. The molecule has 1 aromatic carbocycles. The molecule has 0 bridgehead atoms. The van der Waals surface area contributed by atoms with E-state index in [4.69, 9.17) is 5.73 Å². The summed E-state index contributed by atoms with van der Waals surface area (Å²) in [4.78, 5) is 15.9. The van der Waals surface area contributed by atoms with E-state index in [1.54, 1.807) is 11.3 Å². The van der Waals surface area contributed by atoms with Crippen molar-refractivity contribution in [3.8, 4) is 0 Å². The van der Waals surface area contributed by atoms with E-state index in [0.717, 1.165) is 39.5 Å². The maximum Gasteiger partial charge on any atom is 0.264 e. The molecule has 21 heavy (non-hydrogen) atoms. The summed E-state index contributed by atoms with van der Waals surface area (Å²) >= 11 is 1.60. The molecule has 3 nitrogen and oxygen atoms in total. The van der Waals surface area contributed by atoms with Gasteiger partial charge in [-0.05, 0) is 61.3 Å². The van der Waals surface area contributed by atoms with E-state index < -0.39 is 0 Å². The lowest BCUT2D eigenvalue weighted by atomic mass is 9.92. The van der Waals surface area contributed by atoms with Crippen molar-refractivity contribution in [1.82, 2.24) is 4.90 Å². The van der Waals surface area contributed by atoms with Gasteiger partial charge in [0.05, 0.1) is 4.88 Å². The molecule has 2 N–H and O–H groups in total. The minimum atomic E-state index is 0.228. The molecule has 2 heterocycles. The topological polar surface area (TPSA) is 46.3 Å². The minimum absolute atomic E-state index is 0.228. The lowest BCUT2D eigenvalue weighted by Gasteiger charge is -2.37. The summed E-state index contributed by atoms with van der Waals surface area (Å²) in [5.41, 5.74) is 6.59. The van der Waals surface area contributed by atoms with E-state index >= 15 is 0 Å². The summed E-state index contributed by atoms with van der Waals surface area (Å²) in [5.74, 6) is 0.971. The molecule has 1 saturated heterocycles. The molecule has 2 unspecified atom stereocenters. The van der Waals surface area contributed by atoms with Crippen LogP contribution >= 0.6 is 11.3 Å². The second-order valence-electron chi connectivity index (χ2n) is 6.31. The first-order chi connectivity index (χ1) is 10.2. The minimum Gasteiger partial charge on any atom is -0.399 e. The molecule has 1 saturated carbocycles. The molecule has 110 valence electrons. The van der Waals surface area contributed by atoms with Gasteiger partial charge in [0.15, 0.2) is 0 Å². The summed E-state index contributed by atoms with van der Waals surface area (Å²) in [6, 6.07) is 8.37. The lowest BCUT2D eigenvalue weighted by Crippen LogP contribution is -2.45. The van der Waals surface area contributed by atoms with Crippen LogP contribution in [0, 0.1) is 5.92 Å². The third-order valence-electron chi connectivity index (χ3n) is 5.01. The van der Waals surface area contributed by atoms with Crippen LogP contribution in [0.15, 0.2) is 24.3 Å². The zero-order valence-corrected chi connectivity index (χ0v) is 12.9. The predicted molar refractivity (Wildman–Crippen MR) is 87.6 cm³/mol. The van der Waals surface area contributed by atoms with Crippen LogP contribution < -0.4 is 5.73 Å². The number of rotatable bonds is 1. The molecule has 1 aliphatic carbocycles. The lowest BCUT2D eigenvalue weighted by molar-refractivity contribution is 0.0553. The number of nitrogen functional groups attached to an aromatic ring is 1. The second kappa shape index (κ2) is 5.02. The van der Waals surface area contributed by atoms with Gasteiger partial charge < -0.3 is 10.6 Å². The first-order valence-corrected chi connectivity index (χ1v) is 8.64. The Morgan fingerprint density at radius 2 is 2.05 bits per heavy atom. The third-order valence-corrected chi connectivity index (χ3v) is 6.11. The van der Waals surface area contributed by atoms with Gasteiger partial charge in [0.25, 0.3) is 5.91 Å². The molecular weight excluding hydrogens is 280 g/mol. The molecule has 0 radical (unpaired) electrons. The Balaban J connectivity index is 1.66. The first kappa shape index (κ1) is 13.1. The van der Waals surface area contributed by atoms with Crippen molar-refractivity contribution >= 4 is 33.0 Å². The number of fused-ring (bicyclic) bond motifs is 2. The highest BCUT2D eigenvalue weighted by molar-refractivity contribution is 7.20. The smallest absolute Gasteiger partial charge is 0.264 e. The summed E-state index contributed by atoms with van der Waals surface area (Å²) in [5, 5.41) is 1.09. The van der Waals surface area contributed by atoms with Crippen LogP contribution in [0.25, 0.3) is 10.1 Å². The number of likely N-dealkylation sites (tertiary alicyclic amines) is 1. The molecule has 2 fully saturated rings. The van der Waals surface area contributed by atoms with Crippen LogP contribution in [0.3, 0.4) is 0 Å². The Bertz CT molecular complexity index is 693. The van der Waals surface area contributed by atoms with E-state index in [1.165, 1.54) is 25.7 Å². The third kappa shape index (κ3) is 2.22. The van der Waals surface area contributed by atoms with Crippen LogP contribution in [0.5, 0.6) is 0 Å². The van der Waals surface area contributed by atoms with Crippen molar-refractivity contribution in [2.24, 2.45) is 5.92 Å². The number of nitrogens with two attached hydrogens (primary N) is 1. The number of carbonyl (C=O) groups is 1. The Morgan fingerprint density at radius 3 is 2.95 bits per heavy atom. The number of nitrogens with zero attached hydrogens (tertiary/aromatic N) is 1. The molecule has 1 amide bonds. The fourth-order valence-electron chi connectivity index (χ4n) is 4.01. The van der Waals surface area contributed by atoms with Crippen LogP contribution in [0.2, 0.25) is 0 Å². The molecule has 1 aliphatic heterocycles. The highest BCUT2D eigenvalue weighted by atomic mass is 32.1. The van der Waals surface area contributed by atoms with Gasteiger partial charge >= 0.3 is 0 Å². The maximum atomic E-state index is 12.9. The van der Waals surface area contributed by atoms with Crippen molar-refractivity contribution in [2.75, 3.05) is 12.3 Å². The molecule has 4 heteroatoms. The van der Waals surface area contributed by atoms with Gasteiger partial charge in [-0.1, -0.05) is 6.42 Å². The summed E-state index contributed by atoms with van der Waals surface area (Å²) in [6.07, 6.45) is 6.23. The Morgan fingerprint density at radius 1 is 1.19 bits per heavy atom. The molecule has 2 aromatic rings. The summed E-state index contributed by atoms with van der Waals surface area (Å²) < 4.78 is 1.15. The average Bonchev–Trinajstić information content (AvgIpc) is 3.11. The number of hydrogen-bond donors (Lipinski definition) is 1. The van der Waals surface area contributed by atoms with Gasteiger partial charge in [-0.25, -0.2) is 0 Å². The SMILES string of the molecule is Nc1ccc2sc(C(=O)N3CCCC4CCCC43)cc2c1. The van der Waals surface area contributed by atoms with E-state index in [1.807, 2.05) is 24.3 Å². The fraction of sp³-hybridized carbons (Fsp3) is 0.471. The van der Waals surface area contributed by atoms with Crippen molar-refractivity contribution in [3.63, 3.8) is 0 Å². The van der Waals surface area contributed by atoms with Gasteiger partial charge in [-0.2, -0.15) is 0 Å². The molecule has 2 aliphatic rings. The predicted octanol–water partition coefficient (Wildman–Crippen LogP) is 3.89. The number of piperidine rings is 1. The van der Waals surface area contributed by atoms with E-state index in [0.29, 0.717) is 6.04 Å². The molecule has 1 aromatic heterocycles. The Labute approximate surface area is 128 Å². The van der Waals surface area contributed by atoms with Crippen molar-refractivity contribution in [2.45, 2.75) is 38.1 Å². The summed E-state index contributed by atoms with van der Waals surface area (Å²) in [6.45, 7) is 0.927. The van der Waals surface area contributed by atoms with Gasteiger partial charge in [0.2, 0.25) is 0 Å². The van der Waals surface area contributed by atoms with Crippen LogP contribution in [-0.4, -0.2) is 23.4 Å². The van der Waals surface area contributed by atoms with Crippen LogP contribution in [0.1, 0.15) is 41.8 Å². The second-order valence-corrected chi connectivity index (χ2v) is 7.39. The largest absolute Gasteiger partial charge is 0.399 e. The van der Waals surface area contributed by atoms with E-state index in [-0.39, 0.29) is 5.91 Å². The Kier molecular flexibility index (Phi) is 3.14. The normalized spacial score (nSPS) is 25.2. The maximum absolute atomic E-state index is 12.9. The van der Waals surface area contributed by atoms with Gasteiger partial charge in [0.1, 0.15) is 0 Å². The first-order valence-electron chi connectivity index (χ1n) is 7.82. The highest BCUT2D eigenvalue weighted by Gasteiger charge is 2.37. The number of amides is 1. The number of hydrogen-bond acceptors (Lipinski definition) is 3. The number of thiophene rings is 1. The van der Waals surface area contributed by atoms with Crippen LogP contribution in [0.4, 0.5) is 5.69 Å². The molecule has 4 rings (SSSR count). The monoisotopic (exact) mass is 300 g/mol. The van der Waals surface area contributed by atoms with Crippen molar-refractivity contribution in [1.29, 1.82) is 0 Å². The van der Waals surface area contributed by atoms with Gasteiger partial charge in [0, 0.05) is 23.0 Å². The van der Waals surface area contributed by atoms with E-state index in [2.05, 4.69) is 4.90 Å². The number of carbonyl (C=O) groups excluding carboxylic acids is 1. The van der Waals surface area contributed by atoms with Gasteiger partial charge in [-0.3, -0.25) is 4.79 Å². The van der Waals surface area contributed by atoms with Crippen molar-refractivity contribution < 1.29 is 4.79 Å². The van der Waals surface area contributed by atoms with Crippen molar-refractivity contribution in [3.05, 3.63) is 29.1 Å². The standard InChI is InChI=1S/C17H20N2OS/c18-13-6-7-15-12(9-13)10-16(21-15)17(20)19-8-2-4-11-3-1-5-14(11)19/h6-7,9-11,14H,1-5,8,18H2. The number of benzene rings is 1. The fourth-order valence-corrected chi connectivity index (χ4v) is 5.01. The average molecular weight is 300 g/mol. The molecular formula is C17H20N2OS. The highest BCUT2D eigenvalue weighted by Crippen LogP contribution is 2.38. The van der Waals surface area contributed by atoms with Crippen LogP contribution in [-0.2, 0) is 0 Å². The molecule has 0 spiro atoms. The van der Waals surface area contributed by atoms with E-state index in [9.17, 15) is 4.79 Å². The summed E-state index contributed by atoms with van der Waals surface area (Å²) in [7, 11) is 0. The Hall–Kier alpha value is -1.55. The zero-order valence-electron chi connectivity index (χ0n) is 12.0. The van der Waals surface area contributed by atoms with Gasteiger partial charge in [-0.15, -0.1) is 11.3 Å². The zero-order chi connectivity index (χ0) is 14.4.